The zero-order chi connectivity index (χ0) is 18.3. The maximum atomic E-state index is 12.5. The number of rotatable bonds is 8. The molecule has 140 valence electrons. The van der Waals surface area contributed by atoms with Gasteiger partial charge in [-0.05, 0) is 19.4 Å². The van der Waals surface area contributed by atoms with Crippen molar-refractivity contribution in [2.75, 3.05) is 38.6 Å². The van der Waals surface area contributed by atoms with Crippen LogP contribution >= 0.6 is 0 Å². The van der Waals surface area contributed by atoms with E-state index in [4.69, 9.17) is 4.74 Å². The summed E-state index contributed by atoms with van der Waals surface area (Å²) in [5, 5.41) is 2.98. The van der Waals surface area contributed by atoms with Gasteiger partial charge in [-0.15, -0.1) is 0 Å². The van der Waals surface area contributed by atoms with E-state index < -0.39 is 16.1 Å². The van der Waals surface area contributed by atoms with E-state index in [9.17, 15) is 13.2 Å². The second-order valence-corrected chi connectivity index (χ2v) is 8.17. The molecule has 1 fully saturated rings. The van der Waals surface area contributed by atoms with Crippen molar-refractivity contribution in [2.24, 2.45) is 0 Å². The van der Waals surface area contributed by atoms with Gasteiger partial charge in [-0.25, -0.2) is 13.1 Å². The van der Waals surface area contributed by atoms with Crippen LogP contribution in [0.1, 0.15) is 25.5 Å². The Balaban J connectivity index is 2.05. The van der Waals surface area contributed by atoms with Crippen LogP contribution in [-0.4, -0.2) is 63.9 Å². The Morgan fingerprint density at radius 2 is 1.88 bits per heavy atom. The summed E-state index contributed by atoms with van der Waals surface area (Å²) in [7, 11) is -3.43. The number of benzene rings is 1. The van der Waals surface area contributed by atoms with Crippen molar-refractivity contribution in [2.45, 2.75) is 25.9 Å². The molecule has 0 saturated carbocycles. The lowest BCUT2D eigenvalue weighted by molar-refractivity contribution is -0.123. The smallest absolute Gasteiger partial charge is 0.238 e. The van der Waals surface area contributed by atoms with Crippen LogP contribution in [0.15, 0.2) is 30.3 Å². The molecule has 1 aromatic rings. The summed E-state index contributed by atoms with van der Waals surface area (Å²) >= 11 is 0. The van der Waals surface area contributed by atoms with Crippen LogP contribution in [0, 0.1) is 0 Å². The van der Waals surface area contributed by atoms with E-state index in [-0.39, 0.29) is 17.7 Å². The highest BCUT2D eigenvalue weighted by atomic mass is 32.2. The van der Waals surface area contributed by atoms with Gasteiger partial charge < -0.3 is 10.1 Å². The van der Waals surface area contributed by atoms with Crippen LogP contribution < -0.4 is 10.0 Å². The molecular formula is C17H27N3O4S. The van der Waals surface area contributed by atoms with Crippen LogP contribution in [0.3, 0.4) is 0 Å². The zero-order valence-corrected chi connectivity index (χ0v) is 15.6. The van der Waals surface area contributed by atoms with Crippen molar-refractivity contribution in [1.29, 1.82) is 0 Å². The van der Waals surface area contributed by atoms with Crippen LogP contribution in [0.2, 0.25) is 0 Å². The summed E-state index contributed by atoms with van der Waals surface area (Å²) in [6.07, 6.45) is 0. The molecule has 1 amide bonds. The van der Waals surface area contributed by atoms with Crippen LogP contribution in [0.25, 0.3) is 0 Å². The molecule has 0 radical (unpaired) electrons. The first-order valence-corrected chi connectivity index (χ1v) is 10.2. The maximum absolute atomic E-state index is 12.5. The van der Waals surface area contributed by atoms with Gasteiger partial charge in [0, 0.05) is 19.6 Å². The largest absolute Gasteiger partial charge is 0.379 e. The second-order valence-electron chi connectivity index (χ2n) is 6.13. The van der Waals surface area contributed by atoms with Gasteiger partial charge >= 0.3 is 0 Å². The molecule has 2 N–H and O–H groups in total. The normalized spacial score (nSPS) is 18.5. The summed E-state index contributed by atoms with van der Waals surface area (Å²) in [4.78, 5) is 14.7. The molecule has 1 heterocycles. The van der Waals surface area contributed by atoms with E-state index in [0.717, 1.165) is 18.7 Å². The molecule has 8 heteroatoms. The molecule has 0 bridgehead atoms. The van der Waals surface area contributed by atoms with Crippen LogP contribution in [0.5, 0.6) is 0 Å². The molecule has 1 saturated heterocycles. The van der Waals surface area contributed by atoms with Crippen molar-refractivity contribution in [1.82, 2.24) is 14.9 Å². The van der Waals surface area contributed by atoms with Crippen LogP contribution in [-0.2, 0) is 19.6 Å². The van der Waals surface area contributed by atoms with Gasteiger partial charge in [-0.1, -0.05) is 30.3 Å². The third-order valence-electron chi connectivity index (χ3n) is 4.19. The Bertz CT molecular complexity index is 645. The lowest BCUT2D eigenvalue weighted by Crippen LogP contribution is -2.49. The summed E-state index contributed by atoms with van der Waals surface area (Å²) in [6.45, 7) is 6.75. The number of hydrogen-bond donors (Lipinski definition) is 2. The molecule has 0 aliphatic carbocycles. The van der Waals surface area contributed by atoms with Crippen molar-refractivity contribution in [3.05, 3.63) is 35.9 Å². The first kappa shape index (κ1) is 19.8. The topological polar surface area (TPSA) is 87.7 Å². The number of amides is 1. The Labute approximate surface area is 149 Å². The average molecular weight is 369 g/mol. The number of nitrogens with zero attached hydrogens (tertiary/aromatic N) is 1. The fraction of sp³-hybridized carbons (Fsp3) is 0.588. The van der Waals surface area contributed by atoms with Gasteiger partial charge in [0.15, 0.2) is 0 Å². The Hall–Kier alpha value is -1.48. The van der Waals surface area contributed by atoms with E-state index in [0.29, 0.717) is 19.8 Å². The fourth-order valence-electron chi connectivity index (χ4n) is 2.66. The Kier molecular flexibility index (Phi) is 7.37. The maximum Gasteiger partial charge on any atom is 0.238 e. The highest BCUT2D eigenvalue weighted by Crippen LogP contribution is 2.15. The predicted molar refractivity (Wildman–Crippen MR) is 96.6 cm³/mol. The lowest BCUT2D eigenvalue weighted by Gasteiger charge is -2.31. The van der Waals surface area contributed by atoms with Gasteiger partial charge in [0.2, 0.25) is 15.9 Å². The van der Waals surface area contributed by atoms with Gasteiger partial charge in [-0.3, -0.25) is 9.69 Å². The Morgan fingerprint density at radius 1 is 1.24 bits per heavy atom. The average Bonchev–Trinajstić information content (AvgIpc) is 2.62. The first-order chi connectivity index (χ1) is 11.9. The number of hydrogen-bond acceptors (Lipinski definition) is 5. The van der Waals surface area contributed by atoms with E-state index in [2.05, 4.69) is 14.9 Å². The summed E-state index contributed by atoms with van der Waals surface area (Å²) < 4.78 is 31.1. The van der Waals surface area contributed by atoms with Crippen molar-refractivity contribution in [3.8, 4) is 0 Å². The number of ether oxygens (including phenoxy) is 1. The SMILES string of the molecule is CCS(=O)(=O)N[C@@H](C)C(=O)N[C@H](CN1CCOCC1)c1ccccc1. The number of sulfonamides is 1. The van der Waals surface area contributed by atoms with Gasteiger partial charge in [0.05, 0.1) is 31.1 Å². The number of carbonyl (C=O) groups excluding carboxylic acids is 1. The van der Waals surface area contributed by atoms with Crippen molar-refractivity contribution >= 4 is 15.9 Å². The summed E-state index contributed by atoms with van der Waals surface area (Å²) in [5.41, 5.74) is 0.993. The Morgan fingerprint density at radius 3 is 2.48 bits per heavy atom. The number of morpholine rings is 1. The number of nitrogens with one attached hydrogen (secondary N) is 2. The molecule has 1 aromatic carbocycles. The predicted octanol–water partition coefficient (Wildman–Crippen LogP) is 0.504. The fourth-order valence-corrected chi connectivity index (χ4v) is 3.48. The highest BCUT2D eigenvalue weighted by Gasteiger charge is 2.24. The minimum atomic E-state index is -3.43. The van der Waals surface area contributed by atoms with Crippen molar-refractivity contribution in [3.63, 3.8) is 0 Å². The molecule has 1 aliphatic heterocycles. The van der Waals surface area contributed by atoms with Crippen molar-refractivity contribution < 1.29 is 17.9 Å². The summed E-state index contributed by atoms with van der Waals surface area (Å²) in [6, 6.07) is 8.68. The third kappa shape index (κ3) is 6.39. The minimum absolute atomic E-state index is 0.0550. The first-order valence-electron chi connectivity index (χ1n) is 8.56. The lowest BCUT2D eigenvalue weighted by atomic mass is 10.1. The molecule has 2 atom stereocenters. The molecule has 0 unspecified atom stereocenters. The van der Waals surface area contributed by atoms with E-state index in [1.165, 1.54) is 6.92 Å². The molecule has 7 nitrogen and oxygen atoms in total. The third-order valence-corrected chi connectivity index (χ3v) is 5.67. The standard InChI is InChI=1S/C17H27N3O4S/c1-3-25(22,23)19-14(2)17(21)18-16(15-7-5-4-6-8-15)13-20-9-11-24-12-10-20/h4-8,14,16,19H,3,9-13H2,1-2H3,(H,18,21)/t14-,16+/m0/s1. The molecule has 25 heavy (non-hydrogen) atoms. The van der Waals surface area contributed by atoms with E-state index in [1.807, 2.05) is 30.3 Å². The van der Waals surface area contributed by atoms with Gasteiger partial charge in [-0.2, -0.15) is 0 Å². The highest BCUT2D eigenvalue weighted by molar-refractivity contribution is 7.89. The van der Waals surface area contributed by atoms with Gasteiger partial charge in [0.25, 0.3) is 0 Å². The molecular weight excluding hydrogens is 342 g/mol. The van der Waals surface area contributed by atoms with E-state index in [1.54, 1.807) is 6.92 Å². The van der Waals surface area contributed by atoms with E-state index >= 15 is 0 Å². The molecule has 0 aromatic heterocycles. The van der Waals surface area contributed by atoms with Crippen LogP contribution in [0.4, 0.5) is 0 Å². The molecule has 1 aliphatic rings. The quantitative estimate of drug-likeness (QED) is 0.697. The van der Waals surface area contributed by atoms with Gasteiger partial charge in [0.1, 0.15) is 0 Å². The summed E-state index contributed by atoms with van der Waals surface area (Å²) in [5.74, 6) is -0.389. The molecule has 0 spiro atoms. The second kappa shape index (κ2) is 9.28. The minimum Gasteiger partial charge on any atom is -0.379 e. The monoisotopic (exact) mass is 369 g/mol. The zero-order valence-electron chi connectivity index (χ0n) is 14.8. The molecule has 2 rings (SSSR count). The number of carbonyl (C=O) groups is 1.